The fraction of sp³-hybridized carbons (Fsp3) is 0.176. The van der Waals surface area contributed by atoms with Gasteiger partial charge in [0, 0.05) is 6.07 Å². The molecule has 0 N–H and O–H groups in total. The first-order valence-electron chi connectivity index (χ1n) is 7.54. The number of ether oxygens (including phenoxy) is 3. The predicted octanol–water partition coefficient (Wildman–Crippen LogP) is 3.39. The van der Waals surface area contributed by atoms with Crippen molar-refractivity contribution in [1.29, 1.82) is 0 Å². The van der Waals surface area contributed by atoms with E-state index < -0.39 is 24.5 Å². The summed E-state index contributed by atoms with van der Waals surface area (Å²) < 4.78 is 56.0. The van der Waals surface area contributed by atoms with Crippen molar-refractivity contribution in [1.82, 2.24) is 9.55 Å². The number of halogens is 3. The van der Waals surface area contributed by atoms with Crippen LogP contribution in [-0.4, -0.2) is 22.3 Å². The Kier molecular flexibility index (Phi) is 3.71. The molecule has 0 spiro atoms. The van der Waals surface area contributed by atoms with Crippen LogP contribution in [0.25, 0.3) is 11.0 Å². The maximum absolute atomic E-state index is 13.2. The fourth-order valence-corrected chi connectivity index (χ4v) is 2.69. The Labute approximate surface area is 144 Å². The number of hydrogen-bond donors (Lipinski definition) is 0. The van der Waals surface area contributed by atoms with Gasteiger partial charge < -0.3 is 18.8 Å². The topological polar surface area (TPSA) is 62.6 Å². The summed E-state index contributed by atoms with van der Waals surface area (Å²) in [6.07, 6.45) is -4.70. The molecule has 9 heteroatoms. The van der Waals surface area contributed by atoms with E-state index in [0.717, 1.165) is 4.57 Å². The zero-order chi connectivity index (χ0) is 18.3. The second kappa shape index (κ2) is 5.94. The Morgan fingerprint density at radius 2 is 1.92 bits per heavy atom. The molecular weight excluding hydrogens is 353 g/mol. The van der Waals surface area contributed by atoms with E-state index in [2.05, 4.69) is 4.98 Å². The summed E-state index contributed by atoms with van der Waals surface area (Å²) in [5, 5.41) is 0. The first-order chi connectivity index (χ1) is 12.4. The summed E-state index contributed by atoms with van der Waals surface area (Å²) in [6, 6.07) is 10.5. The number of esters is 1. The van der Waals surface area contributed by atoms with Gasteiger partial charge in [0.25, 0.3) is 0 Å². The first kappa shape index (κ1) is 16.2. The summed E-state index contributed by atoms with van der Waals surface area (Å²) in [7, 11) is 0. The Balaban J connectivity index is 1.61. The molecule has 4 rings (SSSR count). The standard InChI is InChI=1S/C17H11F3N2O4/c18-17(19,20)16-21-11-3-1-2-4-12(11)22(16)8-15(23)26-10-5-6-13-14(7-10)25-9-24-13/h1-7H,8-9H2. The Hall–Kier alpha value is -3.23. The maximum atomic E-state index is 13.2. The molecule has 0 saturated heterocycles. The molecule has 0 saturated carbocycles. The van der Waals surface area contributed by atoms with Crippen LogP contribution in [0.4, 0.5) is 13.2 Å². The molecule has 2 aromatic carbocycles. The lowest BCUT2D eigenvalue weighted by Crippen LogP contribution is -2.22. The highest BCUT2D eigenvalue weighted by atomic mass is 19.4. The molecule has 0 atom stereocenters. The third kappa shape index (κ3) is 2.92. The number of fused-ring (bicyclic) bond motifs is 2. The molecule has 0 radical (unpaired) electrons. The first-order valence-corrected chi connectivity index (χ1v) is 7.54. The van der Waals surface area contributed by atoms with Gasteiger partial charge in [-0.25, -0.2) is 9.78 Å². The van der Waals surface area contributed by atoms with Crippen LogP contribution >= 0.6 is 0 Å². The molecule has 6 nitrogen and oxygen atoms in total. The van der Waals surface area contributed by atoms with Gasteiger partial charge in [0.05, 0.1) is 11.0 Å². The Morgan fingerprint density at radius 3 is 2.73 bits per heavy atom. The van der Waals surface area contributed by atoms with Crippen LogP contribution in [0.3, 0.4) is 0 Å². The molecule has 134 valence electrons. The van der Waals surface area contributed by atoms with Crippen LogP contribution in [0.15, 0.2) is 42.5 Å². The number of rotatable bonds is 3. The van der Waals surface area contributed by atoms with E-state index in [1.165, 1.54) is 24.3 Å². The fourth-order valence-electron chi connectivity index (χ4n) is 2.69. The van der Waals surface area contributed by atoms with Crippen LogP contribution in [0.1, 0.15) is 5.82 Å². The number of aromatic nitrogens is 2. The molecule has 0 amide bonds. The number of hydrogen-bond acceptors (Lipinski definition) is 5. The Morgan fingerprint density at radius 1 is 1.15 bits per heavy atom. The molecule has 0 fully saturated rings. The lowest BCUT2D eigenvalue weighted by Gasteiger charge is -2.11. The highest BCUT2D eigenvalue weighted by Gasteiger charge is 2.38. The number of para-hydroxylation sites is 2. The van der Waals surface area contributed by atoms with Gasteiger partial charge in [-0.3, -0.25) is 0 Å². The smallest absolute Gasteiger partial charge is 0.449 e. The minimum atomic E-state index is -4.70. The zero-order valence-electron chi connectivity index (χ0n) is 13.1. The van der Waals surface area contributed by atoms with Crippen LogP contribution in [0.2, 0.25) is 0 Å². The lowest BCUT2D eigenvalue weighted by atomic mass is 10.3. The van der Waals surface area contributed by atoms with Crippen molar-refractivity contribution in [2.24, 2.45) is 0 Å². The van der Waals surface area contributed by atoms with Crippen molar-refractivity contribution in [3.63, 3.8) is 0 Å². The number of carbonyl (C=O) groups excluding carboxylic acids is 1. The largest absolute Gasteiger partial charge is 0.454 e. The molecule has 2 heterocycles. The van der Waals surface area contributed by atoms with Gasteiger partial charge in [-0.2, -0.15) is 13.2 Å². The number of imidazole rings is 1. The summed E-state index contributed by atoms with van der Waals surface area (Å²) in [5.74, 6) is -0.958. The summed E-state index contributed by atoms with van der Waals surface area (Å²) in [5.41, 5.74) is 0.346. The normalized spacial score (nSPS) is 13.2. The SMILES string of the molecule is O=C(Cn1c(C(F)(F)F)nc2ccccc21)Oc1ccc2c(c1)OCO2. The van der Waals surface area contributed by atoms with Crippen molar-refractivity contribution < 1.29 is 32.2 Å². The zero-order valence-corrected chi connectivity index (χ0v) is 13.1. The minimum absolute atomic E-state index is 0.0582. The minimum Gasteiger partial charge on any atom is -0.454 e. The number of alkyl halides is 3. The molecule has 1 aliphatic heterocycles. The molecule has 0 aliphatic carbocycles. The summed E-state index contributed by atoms with van der Waals surface area (Å²) >= 11 is 0. The molecular formula is C17H11F3N2O4. The number of nitrogens with zero attached hydrogens (tertiary/aromatic N) is 2. The van der Waals surface area contributed by atoms with Crippen LogP contribution < -0.4 is 14.2 Å². The lowest BCUT2D eigenvalue weighted by molar-refractivity contribution is -0.148. The second-order valence-electron chi connectivity index (χ2n) is 5.50. The van der Waals surface area contributed by atoms with Gasteiger partial charge in [-0.15, -0.1) is 0 Å². The monoisotopic (exact) mass is 364 g/mol. The highest BCUT2D eigenvalue weighted by molar-refractivity contribution is 5.80. The second-order valence-corrected chi connectivity index (χ2v) is 5.50. The van der Waals surface area contributed by atoms with Crippen LogP contribution in [0, 0.1) is 0 Å². The molecule has 26 heavy (non-hydrogen) atoms. The van der Waals surface area contributed by atoms with Gasteiger partial charge in [0.1, 0.15) is 12.3 Å². The van der Waals surface area contributed by atoms with Crippen molar-refractivity contribution in [3.8, 4) is 17.2 Å². The van der Waals surface area contributed by atoms with Gasteiger partial charge in [-0.05, 0) is 24.3 Å². The van der Waals surface area contributed by atoms with Crippen molar-refractivity contribution in [3.05, 3.63) is 48.3 Å². The van der Waals surface area contributed by atoms with Crippen molar-refractivity contribution >= 4 is 17.0 Å². The number of benzene rings is 2. The molecule has 3 aromatic rings. The summed E-state index contributed by atoms with van der Waals surface area (Å²) in [4.78, 5) is 15.8. The van der Waals surface area contributed by atoms with E-state index in [9.17, 15) is 18.0 Å². The van der Waals surface area contributed by atoms with E-state index in [-0.39, 0.29) is 23.6 Å². The van der Waals surface area contributed by atoms with E-state index in [1.54, 1.807) is 18.2 Å². The van der Waals surface area contributed by atoms with Crippen LogP contribution in [0.5, 0.6) is 17.2 Å². The van der Waals surface area contributed by atoms with E-state index >= 15 is 0 Å². The van der Waals surface area contributed by atoms with Gasteiger partial charge in [0.15, 0.2) is 11.5 Å². The average Bonchev–Trinajstić information content (AvgIpc) is 3.19. The number of carbonyl (C=O) groups is 1. The van der Waals surface area contributed by atoms with Crippen molar-refractivity contribution in [2.75, 3.05) is 6.79 Å². The van der Waals surface area contributed by atoms with E-state index in [4.69, 9.17) is 14.2 Å². The van der Waals surface area contributed by atoms with Gasteiger partial charge in [0.2, 0.25) is 12.6 Å². The van der Waals surface area contributed by atoms with Gasteiger partial charge >= 0.3 is 12.1 Å². The predicted molar refractivity (Wildman–Crippen MR) is 82.9 cm³/mol. The maximum Gasteiger partial charge on any atom is 0.449 e. The molecule has 1 aliphatic rings. The quantitative estimate of drug-likeness (QED) is 0.527. The molecule has 0 bridgehead atoms. The van der Waals surface area contributed by atoms with E-state index in [0.29, 0.717) is 11.5 Å². The van der Waals surface area contributed by atoms with E-state index in [1.807, 2.05) is 0 Å². The third-order valence-electron chi connectivity index (χ3n) is 3.77. The van der Waals surface area contributed by atoms with Gasteiger partial charge in [-0.1, -0.05) is 12.1 Å². The Bertz CT molecular complexity index is 997. The molecule has 1 aromatic heterocycles. The average molecular weight is 364 g/mol. The third-order valence-corrected chi connectivity index (χ3v) is 3.77. The van der Waals surface area contributed by atoms with Crippen LogP contribution in [-0.2, 0) is 17.5 Å². The van der Waals surface area contributed by atoms with Crippen molar-refractivity contribution in [2.45, 2.75) is 12.7 Å². The highest BCUT2D eigenvalue weighted by Crippen LogP contribution is 2.35. The molecule has 0 unspecified atom stereocenters. The summed E-state index contributed by atoms with van der Waals surface area (Å²) in [6.45, 7) is -0.577.